The van der Waals surface area contributed by atoms with Crippen molar-refractivity contribution in [3.8, 4) is 11.5 Å². The Morgan fingerprint density at radius 1 is 1.26 bits per heavy atom. The summed E-state index contributed by atoms with van der Waals surface area (Å²) in [6.07, 6.45) is 0.478. The Hall–Kier alpha value is -1.71. The van der Waals surface area contributed by atoms with Crippen LogP contribution in [0.4, 0.5) is 0 Å². The molecule has 0 amide bonds. The highest BCUT2D eigenvalue weighted by Crippen LogP contribution is 2.31. The molecular formula is C15H22O4. The van der Waals surface area contributed by atoms with Crippen LogP contribution in [-0.2, 0) is 4.79 Å². The predicted molar refractivity (Wildman–Crippen MR) is 73.7 cm³/mol. The average molecular weight is 266 g/mol. The van der Waals surface area contributed by atoms with Crippen molar-refractivity contribution in [2.24, 2.45) is 11.3 Å². The normalized spacial score (nSPS) is 13.9. The van der Waals surface area contributed by atoms with Crippen LogP contribution in [-0.4, -0.2) is 24.8 Å². The molecule has 19 heavy (non-hydrogen) atoms. The second-order valence-electron chi connectivity index (χ2n) is 5.15. The first-order valence-corrected chi connectivity index (χ1v) is 6.40. The average Bonchev–Trinajstić information content (AvgIpc) is 2.38. The highest BCUT2D eigenvalue weighted by Gasteiger charge is 2.36. The van der Waals surface area contributed by atoms with Crippen molar-refractivity contribution >= 4 is 5.97 Å². The van der Waals surface area contributed by atoms with Gasteiger partial charge in [0.2, 0.25) is 0 Å². The Morgan fingerprint density at radius 3 is 2.21 bits per heavy atom. The Labute approximate surface area is 114 Å². The van der Waals surface area contributed by atoms with Crippen molar-refractivity contribution in [3.05, 3.63) is 24.3 Å². The number of carboxylic acids is 1. The highest BCUT2D eigenvalue weighted by atomic mass is 16.5. The third kappa shape index (κ3) is 3.88. The molecule has 0 radical (unpaired) electrons. The summed E-state index contributed by atoms with van der Waals surface area (Å²) < 4.78 is 10.6. The molecule has 0 heterocycles. The van der Waals surface area contributed by atoms with Gasteiger partial charge in [0.15, 0.2) is 0 Å². The number of carbonyl (C=O) groups is 1. The highest BCUT2D eigenvalue weighted by molar-refractivity contribution is 5.74. The number of rotatable bonds is 7. The van der Waals surface area contributed by atoms with Gasteiger partial charge in [-0.25, -0.2) is 0 Å². The molecule has 0 fully saturated rings. The Balaban J connectivity index is 2.54. The van der Waals surface area contributed by atoms with E-state index in [9.17, 15) is 9.90 Å². The molecule has 1 N–H and O–H groups in total. The first-order chi connectivity index (χ1) is 8.90. The van der Waals surface area contributed by atoms with Crippen molar-refractivity contribution in [2.45, 2.75) is 27.2 Å². The van der Waals surface area contributed by atoms with Crippen molar-refractivity contribution < 1.29 is 19.4 Å². The lowest BCUT2D eigenvalue weighted by molar-refractivity contribution is -0.151. The van der Waals surface area contributed by atoms with E-state index < -0.39 is 11.4 Å². The Bertz CT molecular complexity index is 411. The van der Waals surface area contributed by atoms with Gasteiger partial charge < -0.3 is 14.6 Å². The summed E-state index contributed by atoms with van der Waals surface area (Å²) in [4.78, 5) is 11.3. The summed E-state index contributed by atoms with van der Waals surface area (Å²) in [6, 6.07) is 7.25. The number of carboxylic acid groups (broad SMARTS) is 1. The van der Waals surface area contributed by atoms with Crippen LogP contribution in [0.1, 0.15) is 27.2 Å². The first kappa shape index (κ1) is 15.3. The van der Waals surface area contributed by atoms with E-state index in [0.29, 0.717) is 13.0 Å². The van der Waals surface area contributed by atoms with E-state index in [1.165, 1.54) is 0 Å². The molecule has 1 rings (SSSR count). The van der Waals surface area contributed by atoms with Crippen LogP contribution in [0.2, 0.25) is 0 Å². The monoisotopic (exact) mass is 266 g/mol. The van der Waals surface area contributed by atoms with Gasteiger partial charge in [0, 0.05) is 0 Å². The van der Waals surface area contributed by atoms with Crippen molar-refractivity contribution in [3.63, 3.8) is 0 Å². The van der Waals surface area contributed by atoms with Crippen molar-refractivity contribution in [1.82, 2.24) is 0 Å². The van der Waals surface area contributed by atoms with Gasteiger partial charge in [0.05, 0.1) is 19.1 Å². The van der Waals surface area contributed by atoms with Crippen LogP contribution in [0, 0.1) is 11.3 Å². The van der Waals surface area contributed by atoms with E-state index in [1.54, 1.807) is 14.0 Å². The topological polar surface area (TPSA) is 55.8 Å². The van der Waals surface area contributed by atoms with E-state index in [2.05, 4.69) is 0 Å². The molecule has 4 heteroatoms. The molecule has 4 nitrogen and oxygen atoms in total. The third-order valence-corrected chi connectivity index (χ3v) is 3.71. The summed E-state index contributed by atoms with van der Waals surface area (Å²) in [5, 5.41) is 9.30. The van der Waals surface area contributed by atoms with Crippen LogP contribution in [0.15, 0.2) is 24.3 Å². The number of aliphatic carboxylic acids is 1. The zero-order valence-electron chi connectivity index (χ0n) is 12.0. The maximum Gasteiger partial charge on any atom is 0.309 e. The standard InChI is InChI=1S/C15H22O4/c1-11(2)15(3,14(16)17)9-10-19-13-7-5-12(18-4)6-8-13/h5-8,11H,9-10H2,1-4H3,(H,16,17). The number of hydrogen-bond acceptors (Lipinski definition) is 3. The van der Waals surface area contributed by atoms with Gasteiger partial charge in [-0.3, -0.25) is 4.79 Å². The lowest BCUT2D eigenvalue weighted by atomic mass is 9.77. The minimum absolute atomic E-state index is 0.0597. The fourth-order valence-corrected chi connectivity index (χ4v) is 1.70. The zero-order valence-corrected chi connectivity index (χ0v) is 12.0. The van der Waals surface area contributed by atoms with E-state index in [0.717, 1.165) is 11.5 Å². The molecule has 1 unspecified atom stereocenters. The largest absolute Gasteiger partial charge is 0.497 e. The van der Waals surface area contributed by atoms with Gasteiger partial charge in [-0.15, -0.1) is 0 Å². The van der Waals surface area contributed by atoms with Crippen LogP contribution in [0.5, 0.6) is 11.5 Å². The number of methoxy groups -OCH3 is 1. The molecule has 0 aliphatic carbocycles. The lowest BCUT2D eigenvalue weighted by Gasteiger charge is -2.28. The van der Waals surface area contributed by atoms with Crippen molar-refractivity contribution in [2.75, 3.05) is 13.7 Å². The predicted octanol–water partition coefficient (Wildman–Crippen LogP) is 3.21. The summed E-state index contributed by atoms with van der Waals surface area (Å²) in [5.41, 5.74) is -0.757. The Kier molecular flexibility index (Phi) is 5.21. The number of hydrogen-bond donors (Lipinski definition) is 1. The molecule has 0 saturated heterocycles. The Morgan fingerprint density at radius 2 is 1.79 bits per heavy atom. The molecule has 0 bridgehead atoms. The minimum Gasteiger partial charge on any atom is -0.497 e. The quantitative estimate of drug-likeness (QED) is 0.823. The molecule has 0 saturated carbocycles. The van der Waals surface area contributed by atoms with E-state index in [1.807, 2.05) is 38.1 Å². The van der Waals surface area contributed by atoms with Crippen LogP contribution in [0.25, 0.3) is 0 Å². The molecule has 1 aromatic rings. The summed E-state index contributed by atoms with van der Waals surface area (Å²) in [7, 11) is 1.61. The molecule has 0 aliphatic heterocycles. The van der Waals surface area contributed by atoms with Gasteiger partial charge in [0.25, 0.3) is 0 Å². The van der Waals surface area contributed by atoms with Crippen LogP contribution < -0.4 is 9.47 Å². The summed E-state index contributed by atoms with van der Waals surface area (Å²) >= 11 is 0. The maximum absolute atomic E-state index is 11.3. The fraction of sp³-hybridized carbons (Fsp3) is 0.533. The summed E-state index contributed by atoms with van der Waals surface area (Å²) in [5.74, 6) is 0.771. The molecule has 1 atom stereocenters. The van der Waals surface area contributed by atoms with E-state index in [-0.39, 0.29) is 5.92 Å². The van der Waals surface area contributed by atoms with Gasteiger partial charge in [-0.05, 0) is 43.5 Å². The smallest absolute Gasteiger partial charge is 0.309 e. The lowest BCUT2D eigenvalue weighted by Crippen LogP contribution is -2.34. The molecular weight excluding hydrogens is 244 g/mol. The van der Waals surface area contributed by atoms with Crippen molar-refractivity contribution in [1.29, 1.82) is 0 Å². The summed E-state index contributed by atoms with van der Waals surface area (Å²) in [6.45, 7) is 5.98. The SMILES string of the molecule is COc1ccc(OCCC(C)(C(=O)O)C(C)C)cc1. The van der Waals surface area contributed by atoms with Crippen LogP contribution >= 0.6 is 0 Å². The van der Waals surface area contributed by atoms with Crippen LogP contribution in [0.3, 0.4) is 0 Å². The van der Waals surface area contributed by atoms with E-state index >= 15 is 0 Å². The number of ether oxygens (including phenoxy) is 2. The van der Waals surface area contributed by atoms with Gasteiger partial charge in [-0.1, -0.05) is 13.8 Å². The fourth-order valence-electron chi connectivity index (χ4n) is 1.70. The van der Waals surface area contributed by atoms with Gasteiger partial charge in [-0.2, -0.15) is 0 Å². The van der Waals surface area contributed by atoms with Gasteiger partial charge in [0.1, 0.15) is 11.5 Å². The molecule has 0 aliphatic rings. The second kappa shape index (κ2) is 6.45. The van der Waals surface area contributed by atoms with E-state index in [4.69, 9.17) is 9.47 Å². The third-order valence-electron chi connectivity index (χ3n) is 3.71. The number of benzene rings is 1. The van der Waals surface area contributed by atoms with Gasteiger partial charge >= 0.3 is 5.97 Å². The first-order valence-electron chi connectivity index (χ1n) is 6.40. The molecule has 0 aromatic heterocycles. The molecule has 106 valence electrons. The second-order valence-corrected chi connectivity index (χ2v) is 5.15. The molecule has 1 aromatic carbocycles. The zero-order chi connectivity index (χ0) is 14.5. The minimum atomic E-state index is -0.777. The molecule has 0 spiro atoms. The maximum atomic E-state index is 11.3.